The third-order valence-electron chi connectivity index (χ3n) is 10.9. The van der Waals surface area contributed by atoms with Crippen molar-refractivity contribution in [2.45, 2.75) is 106 Å². The lowest BCUT2D eigenvalue weighted by Gasteiger charge is -2.30. The maximum atomic E-state index is 13.6. The summed E-state index contributed by atoms with van der Waals surface area (Å²) in [5, 5.41) is 10.00. The molecular formula is C44H49NO16S2. The Morgan fingerprint density at radius 2 is 0.984 bits per heavy atom. The summed E-state index contributed by atoms with van der Waals surface area (Å²) in [5.41, 5.74) is -0.362. The van der Waals surface area contributed by atoms with E-state index in [1.165, 1.54) is 19.1 Å². The van der Waals surface area contributed by atoms with Gasteiger partial charge >= 0.3 is 47.8 Å². The highest BCUT2D eigenvalue weighted by Gasteiger charge is 2.37. The molecule has 0 spiro atoms. The Morgan fingerprint density at radius 1 is 0.587 bits per heavy atom. The number of rotatable bonds is 17. The molecule has 4 aliphatic rings. The number of esters is 8. The second kappa shape index (κ2) is 23.7. The van der Waals surface area contributed by atoms with E-state index in [0.717, 1.165) is 35.7 Å². The molecule has 0 saturated heterocycles. The predicted octanol–water partition coefficient (Wildman–Crippen LogP) is 6.01. The van der Waals surface area contributed by atoms with E-state index in [4.69, 9.17) is 37.9 Å². The van der Waals surface area contributed by atoms with E-state index in [-0.39, 0.29) is 77.6 Å². The zero-order valence-corrected chi connectivity index (χ0v) is 36.4. The lowest BCUT2D eigenvalue weighted by atomic mass is 9.82. The molecule has 0 unspecified atom stereocenters. The smallest absolute Gasteiger partial charge is 0.350 e. The average molecular weight is 912 g/mol. The second-order valence-electron chi connectivity index (χ2n) is 15.1. The first-order valence-corrected chi connectivity index (χ1v) is 22.3. The van der Waals surface area contributed by atoms with Gasteiger partial charge in [0.05, 0.1) is 37.7 Å². The molecule has 0 radical (unpaired) electrons. The summed E-state index contributed by atoms with van der Waals surface area (Å²) in [6, 6.07) is 4.82. The van der Waals surface area contributed by atoms with Gasteiger partial charge in [-0.25, -0.2) is 14.4 Å². The first-order chi connectivity index (χ1) is 30.3. The van der Waals surface area contributed by atoms with Crippen molar-refractivity contribution in [3.05, 3.63) is 47.3 Å². The van der Waals surface area contributed by atoms with Gasteiger partial charge in [0.25, 0.3) is 0 Å². The van der Waals surface area contributed by atoms with Crippen LogP contribution < -0.4 is 9.47 Å². The molecule has 3 fully saturated rings. The largest absolute Gasteiger partial charge is 0.463 e. The summed E-state index contributed by atoms with van der Waals surface area (Å²) in [4.78, 5) is 100. The predicted molar refractivity (Wildman–Crippen MR) is 221 cm³/mol. The van der Waals surface area contributed by atoms with Gasteiger partial charge in [0.15, 0.2) is 5.57 Å². The summed E-state index contributed by atoms with van der Waals surface area (Å²) in [6.07, 6.45) is 6.64. The number of benzene rings is 1. The molecule has 3 saturated carbocycles. The molecule has 1 heterocycles. The van der Waals surface area contributed by atoms with Gasteiger partial charge in [0, 0.05) is 19.1 Å². The maximum absolute atomic E-state index is 13.6. The van der Waals surface area contributed by atoms with Gasteiger partial charge < -0.3 is 37.9 Å². The maximum Gasteiger partial charge on any atom is 0.350 e. The quantitative estimate of drug-likeness (QED) is 0.0435. The SMILES string of the molecule is C=CC(=O)OCCOC(=O)/C(C#N)=C1\Sc2c(OC(=O)C3CCC(OC(C)=O)CC3)ccc(OC(=O)C3CCC(OC(=O)C4CCC(C(=O)OCCOC(=O)C=C)CC4)CC3)c2S1. The van der Waals surface area contributed by atoms with E-state index in [9.17, 15) is 43.6 Å². The molecule has 0 amide bonds. The highest BCUT2D eigenvalue weighted by atomic mass is 32.2. The lowest BCUT2D eigenvalue weighted by molar-refractivity contribution is -0.161. The fourth-order valence-electron chi connectivity index (χ4n) is 7.51. The van der Waals surface area contributed by atoms with Crippen molar-refractivity contribution in [1.82, 2.24) is 0 Å². The number of nitrogens with zero attached hydrogens (tertiary/aromatic N) is 1. The molecule has 19 heteroatoms. The number of fused-ring (bicyclic) bond motifs is 1. The van der Waals surface area contributed by atoms with Crippen LogP contribution in [0.15, 0.2) is 57.0 Å². The van der Waals surface area contributed by atoms with Crippen LogP contribution in [0.2, 0.25) is 0 Å². The number of hydrogen-bond acceptors (Lipinski definition) is 19. The third kappa shape index (κ3) is 13.9. The normalized spacial score (nSPS) is 23.5. The minimum absolute atomic E-state index is 0.0658. The first kappa shape index (κ1) is 48.4. The molecule has 338 valence electrons. The number of thioether (sulfide) groups is 2. The molecule has 5 rings (SSSR count). The Morgan fingerprint density at radius 3 is 1.43 bits per heavy atom. The van der Waals surface area contributed by atoms with Crippen LogP contribution in [-0.4, -0.2) is 86.4 Å². The van der Waals surface area contributed by atoms with Crippen LogP contribution in [0.5, 0.6) is 11.5 Å². The van der Waals surface area contributed by atoms with Crippen molar-refractivity contribution < 1.29 is 76.3 Å². The molecular weight excluding hydrogens is 863 g/mol. The molecule has 3 aliphatic carbocycles. The number of carbonyl (C=O) groups is 8. The molecule has 0 N–H and O–H groups in total. The minimum Gasteiger partial charge on any atom is -0.463 e. The van der Waals surface area contributed by atoms with Crippen LogP contribution in [0.4, 0.5) is 0 Å². The Labute approximate surface area is 372 Å². The number of hydrogen-bond donors (Lipinski definition) is 0. The average Bonchev–Trinajstić information content (AvgIpc) is 3.73. The summed E-state index contributed by atoms with van der Waals surface area (Å²) >= 11 is 1.95. The van der Waals surface area contributed by atoms with Crippen molar-refractivity contribution in [2.24, 2.45) is 23.7 Å². The van der Waals surface area contributed by atoms with Gasteiger partial charge in [-0.15, -0.1) is 0 Å². The first-order valence-electron chi connectivity index (χ1n) is 20.7. The van der Waals surface area contributed by atoms with E-state index in [2.05, 4.69) is 13.2 Å². The van der Waals surface area contributed by atoms with Crippen LogP contribution in [0.3, 0.4) is 0 Å². The van der Waals surface area contributed by atoms with E-state index < -0.39 is 53.8 Å². The minimum atomic E-state index is -0.983. The van der Waals surface area contributed by atoms with Crippen LogP contribution >= 0.6 is 23.5 Å². The van der Waals surface area contributed by atoms with E-state index in [1.54, 1.807) is 0 Å². The van der Waals surface area contributed by atoms with Gasteiger partial charge in [-0.1, -0.05) is 36.7 Å². The fraction of sp³-hybridized carbons (Fsp3) is 0.523. The Bertz CT molecular complexity index is 2020. The van der Waals surface area contributed by atoms with Crippen LogP contribution in [0, 0.1) is 35.0 Å². The lowest BCUT2D eigenvalue weighted by Crippen LogP contribution is -2.33. The number of carbonyl (C=O) groups excluding carboxylic acids is 8. The summed E-state index contributed by atoms with van der Waals surface area (Å²) in [7, 11) is 0. The van der Waals surface area contributed by atoms with Crippen molar-refractivity contribution in [3.63, 3.8) is 0 Å². The molecule has 1 aliphatic heterocycles. The Balaban J connectivity index is 1.17. The highest BCUT2D eigenvalue weighted by Crippen LogP contribution is 2.59. The molecule has 17 nitrogen and oxygen atoms in total. The molecule has 63 heavy (non-hydrogen) atoms. The van der Waals surface area contributed by atoms with Gasteiger partial charge in [-0.05, 0) is 89.2 Å². The molecule has 0 aromatic heterocycles. The van der Waals surface area contributed by atoms with Crippen molar-refractivity contribution in [1.29, 1.82) is 5.26 Å². The Kier molecular flexibility index (Phi) is 18.2. The van der Waals surface area contributed by atoms with Gasteiger partial charge in [0.1, 0.15) is 56.2 Å². The van der Waals surface area contributed by atoms with Crippen molar-refractivity contribution in [2.75, 3.05) is 26.4 Å². The zero-order valence-electron chi connectivity index (χ0n) is 34.8. The van der Waals surface area contributed by atoms with Crippen LogP contribution in [0.25, 0.3) is 0 Å². The topological polar surface area (TPSA) is 234 Å². The molecule has 1 aromatic carbocycles. The zero-order chi connectivity index (χ0) is 45.5. The number of nitriles is 1. The monoisotopic (exact) mass is 911 g/mol. The molecule has 1 aromatic rings. The van der Waals surface area contributed by atoms with Gasteiger partial charge in [-0.2, -0.15) is 5.26 Å². The van der Waals surface area contributed by atoms with Crippen molar-refractivity contribution >= 4 is 71.3 Å². The van der Waals surface area contributed by atoms with Gasteiger partial charge in [-0.3, -0.25) is 24.0 Å². The number of ether oxygens (including phenoxy) is 8. The van der Waals surface area contributed by atoms with Crippen molar-refractivity contribution in [3.8, 4) is 17.6 Å². The standard InChI is InChI=1S/C44H49NO16S2/c1-4-35(47)54-20-22-56-39(49)26-6-8-27(9-7-26)40(50)59-31-16-12-29(13-17-31)42(52)61-34-19-18-33(60-41(51)28-10-14-30(15-11-28)58-25(3)46)37-38(34)63-44(62-37)32(24-45)43(53)57-23-21-55-36(48)5-2/h4-5,18-19,26-31H,1-2,6-17,20-23H2,3H3/b44-32+. The molecule has 0 atom stereocenters. The summed E-state index contributed by atoms with van der Waals surface area (Å²) in [5.74, 6) is -5.93. The van der Waals surface area contributed by atoms with Crippen LogP contribution in [-0.2, 0) is 66.8 Å². The second-order valence-corrected chi connectivity index (χ2v) is 17.4. The Hall–Kier alpha value is -5.61. The van der Waals surface area contributed by atoms with Crippen LogP contribution in [0.1, 0.15) is 84.0 Å². The van der Waals surface area contributed by atoms with E-state index >= 15 is 0 Å². The highest BCUT2D eigenvalue weighted by molar-refractivity contribution is 8.24. The molecule has 0 bridgehead atoms. The summed E-state index contributed by atoms with van der Waals surface area (Å²) in [6.45, 7) is 7.20. The third-order valence-corrected chi connectivity index (χ3v) is 13.5. The van der Waals surface area contributed by atoms with Gasteiger partial charge in [0.2, 0.25) is 0 Å². The van der Waals surface area contributed by atoms with E-state index in [1.807, 2.05) is 6.07 Å². The summed E-state index contributed by atoms with van der Waals surface area (Å²) < 4.78 is 43.1. The van der Waals surface area contributed by atoms with E-state index in [0.29, 0.717) is 86.8 Å². The fourth-order valence-corrected chi connectivity index (χ4v) is 10.1.